The number of benzene rings is 1. The number of fused-ring (bicyclic) bond motifs is 1. The molecule has 0 aliphatic carbocycles. The van der Waals surface area contributed by atoms with Gasteiger partial charge in [0, 0.05) is 18.7 Å². The van der Waals surface area contributed by atoms with Gasteiger partial charge in [0.25, 0.3) is 0 Å². The van der Waals surface area contributed by atoms with E-state index in [0.717, 1.165) is 11.3 Å². The number of likely N-dealkylation sites (tertiary alicyclic amines) is 1. The molecule has 1 fully saturated rings. The molecule has 1 aromatic carbocycles. The Bertz CT molecular complexity index is 628. The van der Waals surface area contributed by atoms with Crippen LogP contribution in [0.1, 0.15) is 24.8 Å². The van der Waals surface area contributed by atoms with Gasteiger partial charge in [0.2, 0.25) is 11.8 Å². The Balaban J connectivity index is 1.79. The molecule has 1 atom stereocenters. The molecule has 22 heavy (non-hydrogen) atoms. The number of carboxylic acids is 1. The van der Waals surface area contributed by atoms with Crippen molar-refractivity contribution in [3.8, 4) is 0 Å². The Labute approximate surface area is 128 Å². The first-order valence-corrected chi connectivity index (χ1v) is 7.48. The van der Waals surface area contributed by atoms with Gasteiger partial charge in [-0.1, -0.05) is 18.2 Å². The van der Waals surface area contributed by atoms with Crippen molar-refractivity contribution >= 4 is 23.5 Å². The lowest BCUT2D eigenvalue weighted by atomic mass is 10.0. The van der Waals surface area contributed by atoms with Gasteiger partial charge in [-0.25, -0.2) is 4.79 Å². The molecule has 0 unspecified atom stereocenters. The fraction of sp³-hybridized carbons (Fsp3) is 0.438. The molecule has 2 heterocycles. The second-order valence-corrected chi connectivity index (χ2v) is 5.69. The van der Waals surface area contributed by atoms with E-state index < -0.39 is 12.0 Å². The molecule has 1 saturated heterocycles. The van der Waals surface area contributed by atoms with E-state index in [1.807, 2.05) is 24.3 Å². The quantitative estimate of drug-likeness (QED) is 0.905. The van der Waals surface area contributed by atoms with Gasteiger partial charge < -0.3 is 14.9 Å². The van der Waals surface area contributed by atoms with Crippen LogP contribution in [-0.4, -0.2) is 46.9 Å². The number of hydrogen-bond acceptors (Lipinski definition) is 3. The van der Waals surface area contributed by atoms with Crippen LogP contribution in [0.2, 0.25) is 0 Å². The van der Waals surface area contributed by atoms with Gasteiger partial charge >= 0.3 is 5.97 Å². The van der Waals surface area contributed by atoms with Gasteiger partial charge in [0.1, 0.15) is 12.6 Å². The van der Waals surface area contributed by atoms with Gasteiger partial charge in [-0.05, 0) is 30.9 Å². The molecular formula is C16H18N2O4. The van der Waals surface area contributed by atoms with Crippen molar-refractivity contribution in [2.24, 2.45) is 0 Å². The Morgan fingerprint density at radius 1 is 1.23 bits per heavy atom. The first-order chi connectivity index (χ1) is 10.6. The molecule has 0 aromatic heterocycles. The predicted octanol–water partition coefficient (Wildman–Crippen LogP) is 1.04. The van der Waals surface area contributed by atoms with E-state index in [0.29, 0.717) is 32.2 Å². The van der Waals surface area contributed by atoms with Crippen LogP contribution in [0.5, 0.6) is 0 Å². The lowest BCUT2D eigenvalue weighted by molar-refractivity contribution is -0.147. The number of nitrogens with zero attached hydrogens (tertiary/aromatic N) is 2. The number of para-hydroxylation sites is 1. The van der Waals surface area contributed by atoms with Gasteiger partial charge in [-0.2, -0.15) is 0 Å². The number of aryl methyl sites for hydroxylation is 1. The van der Waals surface area contributed by atoms with E-state index in [1.54, 1.807) is 0 Å². The minimum absolute atomic E-state index is 0.0837. The minimum atomic E-state index is -0.976. The third kappa shape index (κ3) is 2.56. The minimum Gasteiger partial charge on any atom is -0.480 e. The van der Waals surface area contributed by atoms with Crippen LogP contribution in [0.4, 0.5) is 5.69 Å². The van der Waals surface area contributed by atoms with Crippen LogP contribution >= 0.6 is 0 Å². The smallest absolute Gasteiger partial charge is 0.326 e. The maximum Gasteiger partial charge on any atom is 0.326 e. The summed E-state index contributed by atoms with van der Waals surface area (Å²) in [7, 11) is 0. The highest BCUT2D eigenvalue weighted by molar-refractivity contribution is 6.01. The zero-order chi connectivity index (χ0) is 15.7. The monoisotopic (exact) mass is 302 g/mol. The van der Waals surface area contributed by atoms with Crippen LogP contribution in [0.25, 0.3) is 0 Å². The lowest BCUT2D eigenvalue weighted by Crippen LogP contribution is -2.48. The Morgan fingerprint density at radius 3 is 2.77 bits per heavy atom. The molecule has 6 heteroatoms. The summed E-state index contributed by atoms with van der Waals surface area (Å²) in [4.78, 5) is 38.7. The fourth-order valence-corrected chi connectivity index (χ4v) is 3.22. The largest absolute Gasteiger partial charge is 0.480 e. The van der Waals surface area contributed by atoms with E-state index in [9.17, 15) is 19.5 Å². The van der Waals surface area contributed by atoms with Crippen LogP contribution in [-0.2, 0) is 20.8 Å². The highest BCUT2D eigenvalue weighted by Crippen LogP contribution is 2.28. The summed E-state index contributed by atoms with van der Waals surface area (Å²) < 4.78 is 0. The van der Waals surface area contributed by atoms with Crippen molar-refractivity contribution < 1.29 is 19.5 Å². The Morgan fingerprint density at radius 2 is 2.00 bits per heavy atom. The van der Waals surface area contributed by atoms with E-state index in [2.05, 4.69) is 0 Å². The molecule has 0 bridgehead atoms. The van der Waals surface area contributed by atoms with Crippen LogP contribution in [0.15, 0.2) is 24.3 Å². The molecule has 116 valence electrons. The van der Waals surface area contributed by atoms with Crippen molar-refractivity contribution in [3.63, 3.8) is 0 Å². The second kappa shape index (κ2) is 5.79. The number of carbonyl (C=O) groups excluding carboxylic acids is 2. The Hall–Kier alpha value is -2.37. The maximum atomic E-state index is 12.5. The van der Waals surface area contributed by atoms with Crippen molar-refractivity contribution in [1.82, 2.24) is 4.90 Å². The molecule has 2 aliphatic rings. The highest BCUT2D eigenvalue weighted by Gasteiger charge is 2.36. The van der Waals surface area contributed by atoms with E-state index in [4.69, 9.17) is 0 Å². The van der Waals surface area contributed by atoms with Gasteiger partial charge in [-0.15, -0.1) is 0 Å². The van der Waals surface area contributed by atoms with E-state index in [1.165, 1.54) is 9.80 Å². The summed E-state index contributed by atoms with van der Waals surface area (Å²) in [5, 5.41) is 9.17. The van der Waals surface area contributed by atoms with Crippen LogP contribution in [0.3, 0.4) is 0 Å². The summed E-state index contributed by atoms with van der Waals surface area (Å²) in [6.07, 6.45) is 2.23. The first kappa shape index (κ1) is 14.6. The number of aliphatic carboxylic acids is 1. The average molecular weight is 302 g/mol. The SMILES string of the molecule is O=C(O)[C@H]1CCCN1C(=O)CN1C(=O)CCc2ccccc21. The first-order valence-electron chi connectivity index (χ1n) is 7.48. The normalized spacial score (nSPS) is 20.9. The number of hydrogen-bond donors (Lipinski definition) is 1. The molecule has 1 aromatic rings. The van der Waals surface area contributed by atoms with E-state index >= 15 is 0 Å². The topological polar surface area (TPSA) is 77.9 Å². The molecule has 6 nitrogen and oxygen atoms in total. The van der Waals surface area contributed by atoms with Crippen molar-refractivity contribution in [3.05, 3.63) is 29.8 Å². The predicted molar refractivity (Wildman–Crippen MR) is 79.5 cm³/mol. The average Bonchev–Trinajstić information content (AvgIpc) is 3.00. The zero-order valence-electron chi connectivity index (χ0n) is 12.2. The fourth-order valence-electron chi connectivity index (χ4n) is 3.22. The molecule has 2 aliphatic heterocycles. The number of rotatable bonds is 3. The maximum absolute atomic E-state index is 12.5. The molecule has 1 N–H and O–H groups in total. The van der Waals surface area contributed by atoms with Gasteiger partial charge in [0.05, 0.1) is 0 Å². The van der Waals surface area contributed by atoms with E-state index in [-0.39, 0.29) is 18.4 Å². The lowest BCUT2D eigenvalue weighted by Gasteiger charge is -2.31. The van der Waals surface area contributed by atoms with Crippen LogP contribution < -0.4 is 4.90 Å². The molecular weight excluding hydrogens is 284 g/mol. The molecule has 0 radical (unpaired) electrons. The number of carbonyl (C=O) groups is 3. The standard InChI is InChI=1S/C16H18N2O4/c19-14-8-7-11-4-1-2-5-12(11)18(14)10-15(20)17-9-3-6-13(17)16(21)22/h1-2,4-5,13H,3,6-10H2,(H,21,22)/t13-/m1/s1. The number of carboxylic acid groups (broad SMARTS) is 1. The van der Waals surface area contributed by atoms with Crippen LogP contribution in [0, 0.1) is 0 Å². The number of anilines is 1. The summed E-state index contributed by atoms with van der Waals surface area (Å²) >= 11 is 0. The van der Waals surface area contributed by atoms with Crippen molar-refractivity contribution in [2.45, 2.75) is 31.7 Å². The molecule has 3 rings (SSSR count). The zero-order valence-corrected chi connectivity index (χ0v) is 12.2. The molecule has 2 amide bonds. The highest BCUT2D eigenvalue weighted by atomic mass is 16.4. The second-order valence-electron chi connectivity index (χ2n) is 5.69. The molecule has 0 spiro atoms. The van der Waals surface area contributed by atoms with Crippen molar-refractivity contribution in [1.29, 1.82) is 0 Å². The summed E-state index contributed by atoms with van der Waals surface area (Å²) in [6.45, 7) is 0.360. The third-order valence-corrected chi connectivity index (χ3v) is 4.34. The number of amides is 2. The Kier molecular flexibility index (Phi) is 3.83. The van der Waals surface area contributed by atoms with Gasteiger partial charge in [-0.3, -0.25) is 9.59 Å². The molecule has 0 saturated carbocycles. The summed E-state index contributed by atoms with van der Waals surface area (Å²) in [5.74, 6) is -1.36. The van der Waals surface area contributed by atoms with Gasteiger partial charge in [0.15, 0.2) is 0 Å². The summed E-state index contributed by atoms with van der Waals surface area (Å²) in [5.41, 5.74) is 1.81. The third-order valence-electron chi connectivity index (χ3n) is 4.34. The van der Waals surface area contributed by atoms with Crippen molar-refractivity contribution in [2.75, 3.05) is 18.0 Å². The summed E-state index contributed by atoms with van der Waals surface area (Å²) in [6, 6.07) is 6.77.